The molecule has 1 atom stereocenters. The molecule has 6 heteroatoms. The molecule has 2 fully saturated rings. The Hall–Kier alpha value is -0.810. The van der Waals surface area contributed by atoms with Crippen LogP contribution in [0.25, 0.3) is 0 Å². The Labute approximate surface area is 98.7 Å². The smallest absolute Gasteiger partial charge is 0.325 e. The van der Waals surface area contributed by atoms with Crippen LogP contribution in [0.4, 0.5) is 4.79 Å². The standard InChI is InChI=1S/C10H15ClN2O3/c11-5-7(14)6-13-8(15)10(12-9(13)16)3-1-2-4-10/h7,14H,1-6H2,(H,12,16). The predicted molar refractivity (Wildman–Crippen MR) is 58.2 cm³/mol. The third-order valence-corrected chi connectivity index (χ3v) is 3.63. The van der Waals surface area contributed by atoms with Crippen molar-refractivity contribution in [3.05, 3.63) is 0 Å². The molecule has 1 spiro atoms. The average molecular weight is 247 g/mol. The van der Waals surface area contributed by atoms with Crippen LogP contribution in [-0.4, -0.2) is 46.0 Å². The lowest BCUT2D eigenvalue weighted by molar-refractivity contribution is -0.132. The van der Waals surface area contributed by atoms with E-state index in [1.165, 1.54) is 0 Å². The second-order valence-corrected chi connectivity index (χ2v) is 4.75. The van der Waals surface area contributed by atoms with E-state index in [0.717, 1.165) is 17.7 Å². The van der Waals surface area contributed by atoms with Crippen LogP contribution in [0.5, 0.6) is 0 Å². The number of carbonyl (C=O) groups excluding carboxylic acids is 2. The molecule has 16 heavy (non-hydrogen) atoms. The van der Waals surface area contributed by atoms with Crippen molar-refractivity contribution in [1.29, 1.82) is 0 Å². The molecule has 1 unspecified atom stereocenters. The van der Waals surface area contributed by atoms with Crippen molar-refractivity contribution in [3.63, 3.8) is 0 Å². The van der Waals surface area contributed by atoms with Gasteiger partial charge in [-0.25, -0.2) is 4.79 Å². The Morgan fingerprint density at radius 3 is 2.62 bits per heavy atom. The number of β-amino-alcohol motifs (C(OH)–C–C–N with tert-alkyl or cyclic N) is 1. The monoisotopic (exact) mass is 246 g/mol. The lowest BCUT2D eigenvalue weighted by Gasteiger charge is -2.20. The zero-order valence-electron chi connectivity index (χ0n) is 8.91. The lowest BCUT2D eigenvalue weighted by atomic mass is 9.98. The number of carbonyl (C=O) groups is 2. The Bertz CT molecular complexity index is 315. The second-order valence-electron chi connectivity index (χ2n) is 4.44. The van der Waals surface area contributed by atoms with E-state index >= 15 is 0 Å². The number of nitrogens with zero attached hydrogens (tertiary/aromatic N) is 1. The van der Waals surface area contributed by atoms with Crippen LogP contribution >= 0.6 is 11.6 Å². The van der Waals surface area contributed by atoms with Gasteiger partial charge >= 0.3 is 6.03 Å². The summed E-state index contributed by atoms with van der Waals surface area (Å²) in [6.45, 7) is -0.0179. The molecule has 0 bridgehead atoms. The van der Waals surface area contributed by atoms with Crippen LogP contribution < -0.4 is 5.32 Å². The maximum Gasteiger partial charge on any atom is 0.325 e. The minimum Gasteiger partial charge on any atom is -0.390 e. The molecule has 0 aromatic heterocycles. The molecule has 1 saturated carbocycles. The normalized spacial score (nSPS) is 25.2. The summed E-state index contributed by atoms with van der Waals surface area (Å²) in [7, 11) is 0. The molecule has 0 radical (unpaired) electrons. The number of imide groups is 1. The van der Waals surface area contributed by atoms with Gasteiger partial charge in [-0.15, -0.1) is 11.6 Å². The summed E-state index contributed by atoms with van der Waals surface area (Å²) in [5.74, 6) is -0.191. The molecule has 2 N–H and O–H groups in total. The van der Waals surface area contributed by atoms with E-state index < -0.39 is 17.7 Å². The van der Waals surface area contributed by atoms with Crippen LogP contribution in [0.15, 0.2) is 0 Å². The summed E-state index contributed by atoms with van der Waals surface area (Å²) < 4.78 is 0. The van der Waals surface area contributed by atoms with Gasteiger partial charge in [-0.05, 0) is 12.8 Å². The highest BCUT2D eigenvalue weighted by Gasteiger charge is 2.52. The molecule has 1 heterocycles. The van der Waals surface area contributed by atoms with E-state index in [9.17, 15) is 14.7 Å². The Morgan fingerprint density at radius 1 is 1.44 bits per heavy atom. The number of nitrogens with one attached hydrogen (secondary N) is 1. The Balaban J connectivity index is 2.10. The van der Waals surface area contributed by atoms with Crippen LogP contribution in [-0.2, 0) is 4.79 Å². The van der Waals surface area contributed by atoms with Crippen molar-refractivity contribution in [2.75, 3.05) is 12.4 Å². The van der Waals surface area contributed by atoms with Gasteiger partial charge in [0.2, 0.25) is 0 Å². The predicted octanol–water partition coefficient (Wildman–Crippen LogP) is 0.451. The first-order valence-electron chi connectivity index (χ1n) is 5.47. The number of hydrogen-bond donors (Lipinski definition) is 2. The topological polar surface area (TPSA) is 69.6 Å². The molecule has 0 aromatic carbocycles. The van der Waals surface area contributed by atoms with E-state index in [-0.39, 0.29) is 18.3 Å². The third-order valence-electron chi connectivity index (χ3n) is 3.27. The van der Waals surface area contributed by atoms with Crippen LogP contribution in [0, 0.1) is 0 Å². The fourth-order valence-electron chi connectivity index (χ4n) is 2.42. The fourth-order valence-corrected chi connectivity index (χ4v) is 2.52. The summed E-state index contributed by atoms with van der Waals surface area (Å²) >= 11 is 5.46. The fraction of sp³-hybridized carbons (Fsp3) is 0.800. The first-order valence-corrected chi connectivity index (χ1v) is 6.01. The van der Waals surface area contributed by atoms with Gasteiger partial charge in [0.05, 0.1) is 18.5 Å². The summed E-state index contributed by atoms with van der Waals surface area (Å²) in [5.41, 5.74) is -0.691. The highest BCUT2D eigenvalue weighted by molar-refractivity contribution is 6.18. The second kappa shape index (κ2) is 4.22. The summed E-state index contributed by atoms with van der Waals surface area (Å²) in [6, 6.07) is -0.406. The Kier molecular flexibility index (Phi) is 3.08. The zero-order valence-corrected chi connectivity index (χ0v) is 9.66. The van der Waals surface area contributed by atoms with Gasteiger partial charge in [0.15, 0.2) is 0 Å². The molecule has 1 aliphatic carbocycles. The zero-order chi connectivity index (χ0) is 11.8. The SMILES string of the molecule is O=C1NC2(CCCC2)C(=O)N1CC(O)CCl. The van der Waals surface area contributed by atoms with Gasteiger partial charge < -0.3 is 10.4 Å². The molecule has 0 aromatic rings. The minimum atomic E-state index is -0.854. The van der Waals surface area contributed by atoms with E-state index in [0.29, 0.717) is 12.8 Å². The van der Waals surface area contributed by atoms with E-state index in [1.807, 2.05) is 0 Å². The van der Waals surface area contributed by atoms with E-state index in [4.69, 9.17) is 11.6 Å². The van der Waals surface area contributed by atoms with Crippen LogP contribution in [0.3, 0.4) is 0 Å². The molecule has 2 rings (SSSR count). The average Bonchev–Trinajstić information content (AvgIpc) is 2.81. The quantitative estimate of drug-likeness (QED) is 0.561. The Morgan fingerprint density at radius 2 is 2.06 bits per heavy atom. The highest BCUT2D eigenvalue weighted by Crippen LogP contribution is 2.34. The molecule has 3 amide bonds. The number of alkyl halides is 1. The van der Waals surface area contributed by atoms with E-state index in [1.54, 1.807) is 0 Å². The molecular weight excluding hydrogens is 232 g/mol. The van der Waals surface area contributed by atoms with Gasteiger partial charge in [0.25, 0.3) is 5.91 Å². The first kappa shape index (κ1) is 11.7. The molecule has 2 aliphatic rings. The summed E-state index contributed by atoms with van der Waals surface area (Å²) in [4.78, 5) is 24.8. The summed E-state index contributed by atoms with van der Waals surface area (Å²) in [5, 5.41) is 12.1. The number of halogens is 1. The maximum absolute atomic E-state index is 12.1. The molecule has 1 aliphatic heterocycles. The van der Waals surface area contributed by atoms with Crippen molar-refractivity contribution < 1.29 is 14.7 Å². The molecular formula is C10H15ClN2O3. The summed E-state index contributed by atoms with van der Waals surface area (Å²) in [6.07, 6.45) is 2.46. The van der Waals surface area contributed by atoms with Crippen LogP contribution in [0.1, 0.15) is 25.7 Å². The lowest BCUT2D eigenvalue weighted by Crippen LogP contribution is -2.44. The van der Waals surface area contributed by atoms with Crippen molar-refractivity contribution >= 4 is 23.5 Å². The largest absolute Gasteiger partial charge is 0.390 e. The molecule has 5 nitrogen and oxygen atoms in total. The van der Waals surface area contributed by atoms with Gasteiger partial charge in [-0.1, -0.05) is 12.8 Å². The van der Waals surface area contributed by atoms with Crippen molar-refractivity contribution in [1.82, 2.24) is 10.2 Å². The molecule has 1 saturated heterocycles. The number of urea groups is 1. The van der Waals surface area contributed by atoms with Gasteiger partial charge in [0.1, 0.15) is 5.54 Å². The van der Waals surface area contributed by atoms with Crippen molar-refractivity contribution in [3.8, 4) is 0 Å². The number of hydrogen-bond acceptors (Lipinski definition) is 3. The molecule has 90 valence electrons. The van der Waals surface area contributed by atoms with Gasteiger partial charge in [-0.2, -0.15) is 0 Å². The number of rotatable bonds is 3. The number of amides is 3. The maximum atomic E-state index is 12.1. The van der Waals surface area contributed by atoms with Crippen molar-refractivity contribution in [2.24, 2.45) is 0 Å². The van der Waals surface area contributed by atoms with Gasteiger partial charge in [-0.3, -0.25) is 9.69 Å². The highest BCUT2D eigenvalue weighted by atomic mass is 35.5. The van der Waals surface area contributed by atoms with Gasteiger partial charge in [0, 0.05) is 0 Å². The van der Waals surface area contributed by atoms with Crippen molar-refractivity contribution in [2.45, 2.75) is 37.3 Å². The first-order chi connectivity index (χ1) is 7.59. The van der Waals surface area contributed by atoms with Crippen LogP contribution in [0.2, 0.25) is 0 Å². The van der Waals surface area contributed by atoms with E-state index in [2.05, 4.69) is 5.32 Å². The number of aliphatic hydroxyl groups excluding tert-OH is 1. The third kappa shape index (κ3) is 1.78. The number of aliphatic hydroxyl groups is 1. The minimum absolute atomic E-state index is 0.0179.